The highest BCUT2D eigenvalue weighted by Crippen LogP contribution is 2.37. The van der Waals surface area contributed by atoms with E-state index in [1.165, 1.54) is 4.90 Å². The van der Waals surface area contributed by atoms with Gasteiger partial charge in [0.1, 0.15) is 0 Å². The first kappa shape index (κ1) is 21.4. The van der Waals surface area contributed by atoms with Gasteiger partial charge in [-0.25, -0.2) is 0 Å². The number of ether oxygens (including phenoxy) is 2. The van der Waals surface area contributed by atoms with Gasteiger partial charge < -0.3 is 9.47 Å². The van der Waals surface area contributed by atoms with Gasteiger partial charge in [-0.3, -0.25) is 14.5 Å². The van der Waals surface area contributed by atoms with E-state index in [0.29, 0.717) is 23.0 Å². The molecule has 2 aromatic rings. The molecule has 1 heterocycles. The lowest BCUT2D eigenvalue weighted by Gasteiger charge is -2.13. The average molecular weight is 621 g/mol. The van der Waals surface area contributed by atoms with Gasteiger partial charge in [0.25, 0.3) is 11.1 Å². The molecule has 0 aromatic heterocycles. The minimum atomic E-state index is -0.280. The van der Waals surface area contributed by atoms with E-state index in [4.69, 9.17) is 9.47 Å². The van der Waals surface area contributed by atoms with Crippen molar-refractivity contribution in [3.05, 3.63) is 59.6 Å². The smallest absolute Gasteiger partial charge is 0.293 e. The molecule has 3 rings (SSSR count). The number of imide groups is 1. The Kier molecular flexibility index (Phi) is 7.26. The van der Waals surface area contributed by atoms with Crippen molar-refractivity contribution in [3.63, 3.8) is 0 Å². The molecule has 0 radical (unpaired) electrons. The zero-order valence-electron chi connectivity index (χ0n) is 15.2. The summed E-state index contributed by atoms with van der Waals surface area (Å²) in [5.74, 6) is 0.991. The van der Waals surface area contributed by atoms with Gasteiger partial charge in [0, 0.05) is 3.57 Å². The van der Waals surface area contributed by atoms with Crippen molar-refractivity contribution in [1.82, 2.24) is 4.90 Å². The predicted octanol–water partition coefficient (Wildman–Crippen LogP) is 5.54. The first-order chi connectivity index (χ1) is 13.4. The highest BCUT2D eigenvalue weighted by molar-refractivity contribution is 14.1. The lowest BCUT2D eigenvalue weighted by Crippen LogP contribution is -2.27. The average Bonchev–Trinajstić information content (AvgIpc) is 2.91. The number of carbonyl (C=O) groups is 2. The maximum Gasteiger partial charge on any atom is 0.293 e. The maximum atomic E-state index is 12.8. The van der Waals surface area contributed by atoms with E-state index in [0.717, 1.165) is 30.0 Å². The van der Waals surface area contributed by atoms with E-state index in [1.54, 1.807) is 13.2 Å². The van der Waals surface area contributed by atoms with Crippen molar-refractivity contribution >= 4 is 74.2 Å². The van der Waals surface area contributed by atoms with E-state index in [-0.39, 0.29) is 17.7 Å². The molecular weight excluding hydrogens is 604 g/mol. The quantitative estimate of drug-likeness (QED) is 0.314. The first-order valence-electron chi connectivity index (χ1n) is 8.43. The van der Waals surface area contributed by atoms with Crippen molar-refractivity contribution in [1.29, 1.82) is 0 Å². The molecule has 1 fully saturated rings. The maximum absolute atomic E-state index is 12.8. The molecule has 5 nitrogen and oxygen atoms in total. The number of rotatable bonds is 6. The van der Waals surface area contributed by atoms with E-state index in [9.17, 15) is 9.59 Å². The SMILES string of the molecule is CCOc1cc(/C=C2/SC(=O)N(Cc3ccc(I)cc3)C2=O)cc(I)c1OC. The number of benzene rings is 2. The van der Waals surface area contributed by atoms with Crippen molar-refractivity contribution in [3.8, 4) is 11.5 Å². The van der Waals surface area contributed by atoms with Crippen LogP contribution in [0, 0.1) is 7.14 Å². The molecule has 2 amide bonds. The van der Waals surface area contributed by atoms with Crippen LogP contribution >= 0.6 is 56.9 Å². The molecule has 0 unspecified atom stereocenters. The van der Waals surface area contributed by atoms with E-state index >= 15 is 0 Å². The Morgan fingerprint density at radius 2 is 1.86 bits per heavy atom. The normalized spacial score (nSPS) is 15.4. The van der Waals surface area contributed by atoms with Crippen LogP contribution < -0.4 is 9.47 Å². The highest BCUT2D eigenvalue weighted by atomic mass is 127. The Bertz CT molecular complexity index is 944. The highest BCUT2D eigenvalue weighted by Gasteiger charge is 2.35. The Morgan fingerprint density at radius 3 is 2.50 bits per heavy atom. The van der Waals surface area contributed by atoms with Crippen LogP contribution in [-0.4, -0.2) is 29.8 Å². The predicted molar refractivity (Wildman–Crippen MR) is 128 cm³/mol. The number of nitrogens with zero attached hydrogens (tertiary/aromatic N) is 1. The molecule has 0 spiro atoms. The molecule has 1 saturated heterocycles. The molecule has 0 atom stereocenters. The summed E-state index contributed by atoms with van der Waals surface area (Å²) in [5.41, 5.74) is 1.70. The number of hydrogen-bond donors (Lipinski definition) is 0. The Hall–Kier alpha value is -1.27. The third-order valence-electron chi connectivity index (χ3n) is 3.96. The van der Waals surface area contributed by atoms with E-state index in [1.807, 2.05) is 43.3 Å². The molecule has 0 bridgehead atoms. The molecule has 0 saturated carbocycles. The van der Waals surface area contributed by atoms with Gasteiger partial charge in [-0.1, -0.05) is 12.1 Å². The summed E-state index contributed by atoms with van der Waals surface area (Å²) in [6, 6.07) is 11.5. The number of thioether (sulfide) groups is 1. The van der Waals surface area contributed by atoms with E-state index < -0.39 is 0 Å². The summed E-state index contributed by atoms with van der Waals surface area (Å²) in [4.78, 5) is 26.8. The minimum Gasteiger partial charge on any atom is -0.492 e. The number of amides is 2. The van der Waals surface area contributed by atoms with Crippen molar-refractivity contribution in [2.24, 2.45) is 0 Å². The Labute approximate surface area is 195 Å². The summed E-state index contributed by atoms with van der Waals surface area (Å²) < 4.78 is 13.0. The zero-order chi connectivity index (χ0) is 20.3. The number of hydrogen-bond acceptors (Lipinski definition) is 5. The largest absolute Gasteiger partial charge is 0.492 e. The molecule has 1 aliphatic heterocycles. The van der Waals surface area contributed by atoms with Crippen LogP contribution in [0.4, 0.5) is 4.79 Å². The summed E-state index contributed by atoms with van der Waals surface area (Å²) in [5, 5.41) is -0.261. The number of carbonyl (C=O) groups excluding carboxylic acids is 2. The van der Waals surface area contributed by atoms with Crippen molar-refractivity contribution in [2.45, 2.75) is 13.5 Å². The van der Waals surface area contributed by atoms with Crippen LogP contribution in [0.2, 0.25) is 0 Å². The second kappa shape index (κ2) is 9.49. The fraction of sp³-hybridized carbons (Fsp3) is 0.200. The molecule has 0 N–H and O–H groups in total. The van der Waals surface area contributed by atoms with Crippen LogP contribution in [0.5, 0.6) is 11.5 Å². The summed E-state index contributed by atoms with van der Waals surface area (Å²) >= 11 is 5.34. The number of methoxy groups -OCH3 is 1. The monoisotopic (exact) mass is 621 g/mol. The molecule has 0 aliphatic carbocycles. The zero-order valence-corrected chi connectivity index (χ0v) is 20.3. The lowest BCUT2D eigenvalue weighted by atomic mass is 10.1. The molecular formula is C20H17I2NO4S. The van der Waals surface area contributed by atoms with Crippen LogP contribution in [0.1, 0.15) is 18.1 Å². The van der Waals surface area contributed by atoms with Crippen LogP contribution in [0.15, 0.2) is 41.3 Å². The Balaban J connectivity index is 1.86. The first-order valence-corrected chi connectivity index (χ1v) is 11.4. The second-order valence-corrected chi connectivity index (χ2v) is 9.26. The third-order valence-corrected chi connectivity index (χ3v) is 6.39. The number of halogens is 2. The van der Waals surface area contributed by atoms with Gasteiger partial charge in [0.05, 0.1) is 28.7 Å². The molecule has 8 heteroatoms. The van der Waals surface area contributed by atoms with Crippen LogP contribution in [-0.2, 0) is 11.3 Å². The minimum absolute atomic E-state index is 0.261. The summed E-state index contributed by atoms with van der Waals surface area (Å²) in [6.07, 6.45) is 1.73. The summed E-state index contributed by atoms with van der Waals surface area (Å²) in [6.45, 7) is 2.67. The Morgan fingerprint density at radius 1 is 1.14 bits per heavy atom. The topological polar surface area (TPSA) is 55.8 Å². The molecule has 2 aromatic carbocycles. The molecule has 1 aliphatic rings. The van der Waals surface area contributed by atoms with Gasteiger partial charge in [-0.2, -0.15) is 0 Å². The van der Waals surface area contributed by atoms with Crippen molar-refractivity contribution in [2.75, 3.05) is 13.7 Å². The fourth-order valence-corrected chi connectivity index (χ4v) is 4.74. The van der Waals surface area contributed by atoms with E-state index in [2.05, 4.69) is 45.2 Å². The van der Waals surface area contributed by atoms with Crippen molar-refractivity contribution < 1.29 is 19.1 Å². The van der Waals surface area contributed by atoms with Gasteiger partial charge in [-0.05, 0) is 105 Å². The lowest BCUT2D eigenvalue weighted by molar-refractivity contribution is -0.123. The van der Waals surface area contributed by atoms with Gasteiger partial charge in [0.2, 0.25) is 0 Å². The molecule has 146 valence electrons. The standard InChI is InChI=1S/C20H17I2NO4S/c1-3-27-16-9-13(8-15(22)18(16)26-2)10-17-19(24)23(20(25)28-17)11-12-4-6-14(21)7-5-12/h4-10H,3,11H2,1-2H3/b17-10+. The van der Waals surface area contributed by atoms with Gasteiger partial charge in [-0.15, -0.1) is 0 Å². The second-order valence-electron chi connectivity index (χ2n) is 5.86. The molecule has 28 heavy (non-hydrogen) atoms. The summed E-state index contributed by atoms with van der Waals surface area (Å²) in [7, 11) is 1.59. The van der Waals surface area contributed by atoms with Crippen LogP contribution in [0.3, 0.4) is 0 Å². The van der Waals surface area contributed by atoms with Crippen LogP contribution in [0.25, 0.3) is 6.08 Å². The van der Waals surface area contributed by atoms with Gasteiger partial charge >= 0.3 is 0 Å². The third kappa shape index (κ3) is 4.82. The van der Waals surface area contributed by atoms with Gasteiger partial charge in [0.15, 0.2) is 11.5 Å². The fourth-order valence-electron chi connectivity index (χ4n) is 2.69.